The first-order valence-electron chi connectivity index (χ1n) is 7.50. The number of aromatic nitrogens is 2. The molecule has 3 aromatic rings. The van der Waals surface area contributed by atoms with Crippen LogP contribution < -0.4 is 11.1 Å². The van der Waals surface area contributed by atoms with E-state index in [9.17, 15) is 9.59 Å². The molecule has 3 rings (SSSR count). The third-order valence-corrected chi connectivity index (χ3v) is 5.74. The molecule has 3 aromatic heterocycles. The maximum Gasteiger partial charge on any atom is 0.339 e. The Morgan fingerprint density at radius 1 is 1.32 bits per heavy atom. The summed E-state index contributed by atoms with van der Waals surface area (Å²) in [7, 11) is 0. The largest absolute Gasteiger partial charge is 0.462 e. The van der Waals surface area contributed by atoms with Gasteiger partial charge in [-0.2, -0.15) is 0 Å². The molecule has 0 spiro atoms. The van der Waals surface area contributed by atoms with E-state index in [0.717, 1.165) is 10.4 Å². The van der Waals surface area contributed by atoms with E-state index in [1.807, 2.05) is 13.8 Å². The van der Waals surface area contributed by atoms with Gasteiger partial charge in [-0.15, -0.1) is 22.7 Å². The lowest BCUT2D eigenvalue weighted by Gasteiger charge is -2.08. The third kappa shape index (κ3) is 3.08. The van der Waals surface area contributed by atoms with Gasteiger partial charge < -0.3 is 15.8 Å². The number of fused-ring (bicyclic) bond motifs is 1. The van der Waals surface area contributed by atoms with Gasteiger partial charge in [-0.1, -0.05) is 0 Å². The molecule has 0 saturated heterocycles. The lowest BCUT2D eigenvalue weighted by Crippen LogP contribution is -2.13. The highest BCUT2D eigenvalue weighted by Crippen LogP contribution is 2.37. The number of carbonyl (C=O) groups is 2. The number of nitrogens with one attached hydrogen (secondary N) is 1. The summed E-state index contributed by atoms with van der Waals surface area (Å²) in [4.78, 5) is 34.1. The van der Waals surface area contributed by atoms with E-state index in [0.29, 0.717) is 32.2 Å². The van der Waals surface area contributed by atoms with Gasteiger partial charge in [-0.25, -0.2) is 14.8 Å². The van der Waals surface area contributed by atoms with Crippen LogP contribution in [0, 0.1) is 13.8 Å². The predicted octanol–water partition coefficient (Wildman–Crippen LogP) is 3.39. The van der Waals surface area contributed by atoms with Crippen LogP contribution in [0.4, 0.5) is 10.8 Å². The fourth-order valence-electron chi connectivity index (χ4n) is 2.45. The van der Waals surface area contributed by atoms with Gasteiger partial charge in [0.25, 0.3) is 5.91 Å². The molecule has 0 aromatic carbocycles. The molecule has 3 heterocycles. The fourth-order valence-corrected chi connectivity index (χ4v) is 4.39. The minimum atomic E-state index is -0.509. The summed E-state index contributed by atoms with van der Waals surface area (Å²) in [5.74, 6) is -0.496. The zero-order valence-electron chi connectivity index (χ0n) is 13.9. The third-order valence-electron chi connectivity index (χ3n) is 3.73. The lowest BCUT2D eigenvalue weighted by molar-refractivity contribution is 0.0529. The zero-order valence-corrected chi connectivity index (χ0v) is 15.5. The van der Waals surface area contributed by atoms with Crippen LogP contribution in [0.1, 0.15) is 38.1 Å². The average Bonchev–Trinajstić information content (AvgIpc) is 3.10. The second kappa shape index (κ2) is 6.77. The summed E-state index contributed by atoms with van der Waals surface area (Å²) in [5, 5.41) is 6.02. The normalized spacial score (nSPS) is 10.8. The van der Waals surface area contributed by atoms with Crippen LogP contribution in [-0.4, -0.2) is 28.5 Å². The van der Waals surface area contributed by atoms with Gasteiger partial charge in [-0.05, 0) is 26.3 Å². The standard InChI is InChI=1S/C16H16N4O3S2/c1-4-23-16(22)9-5-24-14-11(9)13(18-6-19-14)20-15-10(12(17)21)7(2)8(3)25-15/h5-6H,4H2,1-3H3,(H2,17,21)(H,18,19,20). The van der Waals surface area contributed by atoms with Gasteiger partial charge in [0, 0.05) is 10.3 Å². The maximum atomic E-state index is 12.2. The van der Waals surface area contributed by atoms with Crippen molar-refractivity contribution >= 4 is 55.6 Å². The monoisotopic (exact) mass is 376 g/mol. The fraction of sp³-hybridized carbons (Fsp3) is 0.250. The van der Waals surface area contributed by atoms with E-state index in [1.165, 1.54) is 29.0 Å². The summed E-state index contributed by atoms with van der Waals surface area (Å²) in [6, 6.07) is 0. The second-order valence-corrected chi connectivity index (χ2v) is 7.33. The van der Waals surface area contributed by atoms with Crippen molar-refractivity contribution in [2.75, 3.05) is 11.9 Å². The first-order valence-corrected chi connectivity index (χ1v) is 9.19. The van der Waals surface area contributed by atoms with E-state index in [1.54, 1.807) is 12.3 Å². The molecule has 0 radical (unpaired) electrons. The highest BCUT2D eigenvalue weighted by molar-refractivity contribution is 7.17. The van der Waals surface area contributed by atoms with Crippen molar-refractivity contribution in [3.05, 3.63) is 33.3 Å². The number of esters is 1. The van der Waals surface area contributed by atoms with E-state index >= 15 is 0 Å². The number of carbonyl (C=O) groups excluding carboxylic acids is 2. The summed E-state index contributed by atoms with van der Waals surface area (Å²) < 4.78 is 5.10. The van der Waals surface area contributed by atoms with Gasteiger partial charge in [0.15, 0.2) is 0 Å². The predicted molar refractivity (Wildman–Crippen MR) is 99.0 cm³/mol. The molecule has 130 valence electrons. The van der Waals surface area contributed by atoms with Crippen LogP contribution >= 0.6 is 22.7 Å². The summed E-state index contributed by atoms with van der Waals surface area (Å²) in [6.45, 7) is 5.79. The minimum Gasteiger partial charge on any atom is -0.462 e. The lowest BCUT2D eigenvalue weighted by atomic mass is 10.1. The number of hydrogen-bond acceptors (Lipinski definition) is 8. The molecule has 0 aliphatic carbocycles. The molecule has 0 aliphatic rings. The van der Waals surface area contributed by atoms with Crippen LogP contribution in [0.15, 0.2) is 11.7 Å². The zero-order chi connectivity index (χ0) is 18.1. The van der Waals surface area contributed by atoms with Crippen LogP contribution in [0.3, 0.4) is 0 Å². The van der Waals surface area contributed by atoms with Crippen molar-refractivity contribution in [1.82, 2.24) is 9.97 Å². The Morgan fingerprint density at radius 2 is 2.08 bits per heavy atom. The van der Waals surface area contributed by atoms with Crippen LogP contribution in [0.2, 0.25) is 0 Å². The number of ether oxygens (including phenoxy) is 1. The molecular weight excluding hydrogens is 360 g/mol. The maximum absolute atomic E-state index is 12.2. The molecule has 3 N–H and O–H groups in total. The summed E-state index contributed by atoms with van der Waals surface area (Å²) in [6.07, 6.45) is 1.41. The smallest absolute Gasteiger partial charge is 0.339 e. The molecule has 0 unspecified atom stereocenters. The second-order valence-electron chi connectivity index (χ2n) is 5.25. The van der Waals surface area contributed by atoms with E-state index < -0.39 is 11.9 Å². The van der Waals surface area contributed by atoms with Gasteiger partial charge >= 0.3 is 5.97 Å². The molecule has 0 saturated carbocycles. The van der Waals surface area contributed by atoms with E-state index in [-0.39, 0.29) is 6.61 Å². The Balaban J connectivity index is 2.11. The average molecular weight is 376 g/mol. The SMILES string of the molecule is CCOC(=O)c1csc2ncnc(Nc3sc(C)c(C)c3C(N)=O)c12. The van der Waals surface area contributed by atoms with Gasteiger partial charge in [0.2, 0.25) is 0 Å². The first kappa shape index (κ1) is 17.3. The van der Waals surface area contributed by atoms with Gasteiger partial charge in [0.1, 0.15) is 22.0 Å². The quantitative estimate of drug-likeness (QED) is 0.661. The molecule has 0 aliphatic heterocycles. The summed E-state index contributed by atoms with van der Waals surface area (Å²) in [5.41, 5.74) is 7.18. The van der Waals surface area contributed by atoms with E-state index in [2.05, 4.69) is 15.3 Å². The van der Waals surface area contributed by atoms with Crippen LogP contribution in [0.5, 0.6) is 0 Å². The highest BCUT2D eigenvalue weighted by atomic mass is 32.1. The molecule has 0 bridgehead atoms. The van der Waals surface area contributed by atoms with Crippen LogP contribution in [0.25, 0.3) is 10.2 Å². The number of primary amides is 1. The number of anilines is 2. The number of amides is 1. The molecule has 0 fully saturated rings. The summed E-state index contributed by atoms with van der Waals surface area (Å²) >= 11 is 2.75. The molecular formula is C16H16N4O3S2. The number of rotatable bonds is 5. The molecule has 7 nitrogen and oxygen atoms in total. The highest BCUT2D eigenvalue weighted by Gasteiger charge is 2.22. The number of nitrogens with two attached hydrogens (primary N) is 1. The first-order chi connectivity index (χ1) is 11.9. The Labute approximate surface area is 151 Å². The van der Waals surface area contributed by atoms with Crippen molar-refractivity contribution in [2.24, 2.45) is 5.73 Å². The Hall–Kier alpha value is -2.52. The topological polar surface area (TPSA) is 107 Å². The Bertz CT molecular complexity index is 977. The number of thiophene rings is 2. The van der Waals surface area contributed by atoms with Crippen molar-refractivity contribution in [3.63, 3.8) is 0 Å². The molecule has 9 heteroatoms. The minimum absolute atomic E-state index is 0.280. The molecule has 25 heavy (non-hydrogen) atoms. The number of hydrogen-bond donors (Lipinski definition) is 2. The van der Waals surface area contributed by atoms with Crippen molar-refractivity contribution in [3.8, 4) is 0 Å². The van der Waals surface area contributed by atoms with Gasteiger partial charge in [-0.3, -0.25) is 4.79 Å². The number of nitrogens with zero attached hydrogens (tertiary/aromatic N) is 2. The molecule has 0 atom stereocenters. The van der Waals surface area contributed by atoms with Crippen molar-refractivity contribution in [1.29, 1.82) is 0 Å². The Kier molecular flexibility index (Phi) is 4.69. The van der Waals surface area contributed by atoms with Crippen LogP contribution in [-0.2, 0) is 4.74 Å². The van der Waals surface area contributed by atoms with Gasteiger partial charge in [0.05, 0.1) is 23.1 Å². The van der Waals surface area contributed by atoms with Crippen molar-refractivity contribution < 1.29 is 14.3 Å². The Morgan fingerprint density at radius 3 is 2.76 bits per heavy atom. The molecule has 1 amide bonds. The van der Waals surface area contributed by atoms with E-state index in [4.69, 9.17) is 10.5 Å². The van der Waals surface area contributed by atoms with Crippen molar-refractivity contribution in [2.45, 2.75) is 20.8 Å². The number of aryl methyl sites for hydroxylation is 1.